The minimum absolute atomic E-state index is 0.968. The minimum atomic E-state index is 0.968. The lowest BCUT2D eigenvalue weighted by atomic mass is 9.83. The Kier molecular flexibility index (Phi) is 8.68. The molecule has 0 spiro atoms. The standard InChI is InChI=1S/C59H41N/c1-38-55(42-21-5-3-6-22-42)49-29-13-14-30-50(49)56(43-23-7-4-8-24-43)59(38)60-39(2)44-35-36-53-54(37-44)58(48-34-18-26-41-20-10-12-28-46(41)48)52-32-16-15-31-51(52)57(53)47-33-17-25-40-19-9-11-27-45(40)47/h3-37H,1-2H3. The molecule has 11 aromatic carbocycles. The van der Waals surface area contributed by atoms with Crippen molar-refractivity contribution in [2.75, 3.05) is 0 Å². The lowest BCUT2D eigenvalue weighted by Crippen LogP contribution is -1.99. The van der Waals surface area contributed by atoms with E-state index in [1.165, 1.54) is 92.8 Å². The summed E-state index contributed by atoms with van der Waals surface area (Å²) in [5, 5.41) is 12.3. The fourth-order valence-electron chi connectivity index (χ4n) is 9.67. The maximum Gasteiger partial charge on any atom is 0.0753 e. The first kappa shape index (κ1) is 35.5. The van der Waals surface area contributed by atoms with E-state index in [0.29, 0.717) is 0 Å². The van der Waals surface area contributed by atoms with E-state index in [2.05, 4.69) is 226 Å². The van der Waals surface area contributed by atoms with Crippen LogP contribution in [0.3, 0.4) is 0 Å². The highest BCUT2D eigenvalue weighted by atomic mass is 14.8. The van der Waals surface area contributed by atoms with Crippen LogP contribution >= 0.6 is 0 Å². The summed E-state index contributed by atoms with van der Waals surface area (Å²) in [7, 11) is 0. The van der Waals surface area contributed by atoms with Crippen molar-refractivity contribution >= 4 is 65.3 Å². The molecule has 0 radical (unpaired) electrons. The third-order valence-corrected chi connectivity index (χ3v) is 12.4. The first-order valence-electron chi connectivity index (χ1n) is 20.8. The van der Waals surface area contributed by atoms with Crippen LogP contribution in [0.5, 0.6) is 0 Å². The molecule has 0 saturated carbocycles. The van der Waals surface area contributed by atoms with Crippen molar-refractivity contribution in [2.45, 2.75) is 13.8 Å². The van der Waals surface area contributed by atoms with Crippen LogP contribution in [0.15, 0.2) is 217 Å². The quantitative estimate of drug-likeness (QED) is 0.118. The van der Waals surface area contributed by atoms with Gasteiger partial charge in [0.25, 0.3) is 0 Å². The van der Waals surface area contributed by atoms with Crippen LogP contribution in [-0.2, 0) is 0 Å². The molecular formula is C59H41N. The maximum absolute atomic E-state index is 5.70. The first-order valence-corrected chi connectivity index (χ1v) is 20.8. The van der Waals surface area contributed by atoms with Crippen LogP contribution in [0.2, 0.25) is 0 Å². The average Bonchev–Trinajstić information content (AvgIpc) is 3.31. The van der Waals surface area contributed by atoms with Crippen LogP contribution in [0.4, 0.5) is 5.69 Å². The molecule has 11 rings (SSSR count). The van der Waals surface area contributed by atoms with Gasteiger partial charge in [0, 0.05) is 11.3 Å². The van der Waals surface area contributed by atoms with Gasteiger partial charge in [-0.25, -0.2) is 0 Å². The average molecular weight is 764 g/mol. The molecule has 282 valence electrons. The number of rotatable bonds is 6. The summed E-state index contributed by atoms with van der Waals surface area (Å²) < 4.78 is 0. The Bertz CT molecular complexity index is 3470. The third-order valence-electron chi connectivity index (χ3n) is 12.4. The number of fused-ring (bicyclic) bond motifs is 5. The van der Waals surface area contributed by atoms with Gasteiger partial charge in [-0.05, 0) is 124 Å². The normalized spacial score (nSPS) is 11.9. The Balaban J connectivity index is 1.23. The molecule has 0 saturated heterocycles. The molecule has 0 unspecified atom stereocenters. The molecule has 0 aromatic heterocycles. The maximum atomic E-state index is 5.70. The highest BCUT2D eigenvalue weighted by molar-refractivity contribution is 6.26. The highest BCUT2D eigenvalue weighted by Gasteiger charge is 2.22. The van der Waals surface area contributed by atoms with Crippen LogP contribution in [0, 0.1) is 6.92 Å². The van der Waals surface area contributed by atoms with Gasteiger partial charge in [0.2, 0.25) is 0 Å². The molecule has 0 bridgehead atoms. The second kappa shape index (κ2) is 14.6. The molecule has 0 N–H and O–H groups in total. The van der Waals surface area contributed by atoms with Gasteiger partial charge in [0.05, 0.1) is 5.69 Å². The Morgan fingerprint density at radius 2 is 0.733 bits per heavy atom. The molecule has 0 aliphatic rings. The van der Waals surface area contributed by atoms with Crippen molar-refractivity contribution in [1.82, 2.24) is 0 Å². The van der Waals surface area contributed by atoms with Crippen LogP contribution < -0.4 is 0 Å². The summed E-state index contributed by atoms with van der Waals surface area (Å²) in [5.74, 6) is 0. The van der Waals surface area contributed by atoms with E-state index in [4.69, 9.17) is 4.99 Å². The van der Waals surface area contributed by atoms with Gasteiger partial charge in [-0.3, -0.25) is 4.99 Å². The predicted molar refractivity (Wildman–Crippen MR) is 259 cm³/mol. The summed E-state index contributed by atoms with van der Waals surface area (Å²) in [6, 6.07) is 77.3. The molecule has 0 amide bonds. The molecule has 1 heteroatoms. The predicted octanol–water partition coefficient (Wildman–Crippen LogP) is 16.6. The van der Waals surface area contributed by atoms with E-state index >= 15 is 0 Å². The van der Waals surface area contributed by atoms with Crippen molar-refractivity contribution in [2.24, 2.45) is 4.99 Å². The Morgan fingerprint density at radius 1 is 0.333 bits per heavy atom. The monoisotopic (exact) mass is 763 g/mol. The van der Waals surface area contributed by atoms with E-state index in [1.807, 2.05) is 0 Å². The topological polar surface area (TPSA) is 12.4 Å². The number of nitrogens with zero attached hydrogens (tertiary/aromatic N) is 1. The van der Waals surface area contributed by atoms with Crippen molar-refractivity contribution in [3.8, 4) is 44.5 Å². The molecule has 0 heterocycles. The summed E-state index contributed by atoms with van der Waals surface area (Å²) in [6.45, 7) is 4.42. The zero-order chi connectivity index (χ0) is 40.2. The van der Waals surface area contributed by atoms with E-state index in [-0.39, 0.29) is 0 Å². The van der Waals surface area contributed by atoms with Crippen molar-refractivity contribution in [1.29, 1.82) is 0 Å². The van der Waals surface area contributed by atoms with Crippen molar-refractivity contribution in [3.05, 3.63) is 223 Å². The number of hydrogen-bond acceptors (Lipinski definition) is 1. The van der Waals surface area contributed by atoms with E-state index in [0.717, 1.165) is 28.1 Å². The second-order valence-electron chi connectivity index (χ2n) is 15.8. The SMILES string of the molecule is CC(=Nc1c(C)c(-c2ccccc2)c2ccccc2c1-c1ccccc1)c1ccc2c(-c3cccc4ccccc34)c3ccccc3c(-c3cccc4ccccc34)c2c1. The molecule has 11 aromatic rings. The second-order valence-corrected chi connectivity index (χ2v) is 15.8. The Labute approximate surface area is 350 Å². The van der Waals surface area contributed by atoms with Crippen molar-refractivity contribution < 1.29 is 0 Å². The summed E-state index contributed by atoms with van der Waals surface area (Å²) in [5.41, 5.74) is 13.9. The van der Waals surface area contributed by atoms with Gasteiger partial charge in [-0.1, -0.05) is 206 Å². The molecule has 0 aliphatic carbocycles. The lowest BCUT2D eigenvalue weighted by molar-refractivity contribution is 1.40. The van der Waals surface area contributed by atoms with Gasteiger partial charge in [-0.15, -0.1) is 0 Å². The lowest BCUT2D eigenvalue weighted by Gasteiger charge is -2.21. The fourth-order valence-corrected chi connectivity index (χ4v) is 9.67. The van der Waals surface area contributed by atoms with Crippen LogP contribution in [0.25, 0.3) is 98.4 Å². The molecule has 0 fully saturated rings. The molecule has 60 heavy (non-hydrogen) atoms. The summed E-state index contributed by atoms with van der Waals surface area (Å²) in [6.07, 6.45) is 0. The number of benzene rings is 11. The largest absolute Gasteiger partial charge is 0.252 e. The first-order chi connectivity index (χ1) is 29.6. The zero-order valence-electron chi connectivity index (χ0n) is 33.7. The van der Waals surface area contributed by atoms with Gasteiger partial charge in [-0.2, -0.15) is 0 Å². The van der Waals surface area contributed by atoms with Crippen LogP contribution in [-0.4, -0.2) is 5.71 Å². The van der Waals surface area contributed by atoms with Gasteiger partial charge in [0.15, 0.2) is 0 Å². The van der Waals surface area contributed by atoms with E-state index in [1.54, 1.807) is 0 Å². The Morgan fingerprint density at radius 3 is 1.28 bits per heavy atom. The van der Waals surface area contributed by atoms with Crippen molar-refractivity contribution in [3.63, 3.8) is 0 Å². The van der Waals surface area contributed by atoms with Gasteiger partial charge < -0.3 is 0 Å². The van der Waals surface area contributed by atoms with E-state index in [9.17, 15) is 0 Å². The van der Waals surface area contributed by atoms with E-state index < -0.39 is 0 Å². The smallest absolute Gasteiger partial charge is 0.0753 e. The van der Waals surface area contributed by atoms with Gasteiger partial charge >= 0.3 is 0 Å². The van der Waals surface area contributed by atoms with Gasteiger partial charge in [0.1, 0.15) is 0 Å². The zero-order valence-corrected chi connectivity index (χ0v) is 33.7. The third kappa shape index (κ3) is 5.82. The molecule has 0 atom stereocenters. The summed E-state index contributed by atoms with van der Waals surface area (Å²) in [4.78, 5) is 5.70. The van der Waals surface area contributed by atoms with Crippen LogP contribution in [0.1, 0.15) is 18.1 Å². The number of aliphatic imine (C=N–C) groups is 1. The minimum Gasteiger partial charge on any atom is -0.252 e. The molecular weight excluding hydrogens is 723 g/mol. The molecule has 1 nitrogen and oxygen atoms in total. The highest BCUT2D eigenvalue weighted by Crippen LogP contribution is 2.49. The summed E-state index contributed by atoms with van der Waals surface area (Å²) >= 11 is 0. The fraction of sp³-hybridized carbons (Fsp3) is 0.0339. The molecule has 0 aliphatic heterocycles. The Hall–Kier alpha value is -7.61. The number of hydrogen-bond donors (Lipinski definition) is 0.